The second kappa shape index (κ2) is 10.6. The van der Waals surface area contributed by atoms with Crippen LogP contribution in [0.3, 0.4) is 0 Å². The Hall–Kier alpha value is -3.79. The molecule has 3 heterocycles. The molecule has 1 amide bonds. The van der Waals surface area contributed by atoms with Crippen molar-refractivity contribution in [3.8, 4) is 11.1 Å². The van der Waals surface area contributed by atoms with Crippen LogP contribution in [0.2, 0.25) is 5.15 Å². The maximum absolute atomic E-state index is 12.9. The van der Waals surface area contributed by atoms with Gasteiger partial charge in [0.05, 0.1) is 0 Å². The fraction of sp³-hybridized carbons (Fsp3) is 0.208. The minimum absolute atomic E-state index is 0.164. The van der Waals surface area contributed by atoms with Gasteiger partial charge in [0.15, 0.2) is 5.65 Å². The van der Waals surface area contributed by atoms with Gasteiger partial charge in [-0.05, 0) is 48.4 Å². The Labute approximate surface area is 204 Å². The Bertz CT molecular complexity index is 1380. The Balaban J connectivity index is 0.00000167. The number of hydrogen-bond acceptors (Lipinski definition) is 6. The standard InChI is InChI=1S/C22H16ClF3N6O.C2H6/c1-11-3-4-14(30-20(33)12-5-6-28-17(8-12)22(24,25)26)9-15(11)16-7-13-10-29-21(27-2)32-19(13)31-18(16)23;1-2/h3-10H,1-2H3,(H,30,33)(H,27,29,31,32);1-2H3. The number of rotatable bonds is 4. The van der Waals surface area contributed by atoms with E-state index in [0.717, 1.165) is 11.8 Å². The predicted molar refractivity (Wildman–Crippen MR) is 131 cm³/mol. The summed E-state index contributed by atoms with van der Waals surface area (Å²) in [7, 11) is 1.69. The van der Waals surface area contributed by atoms with Crippen LogP contribution in [0, 0.1) is 6.92 Å². The summed E-state index contributed by atoms with van der Waals surface area (Å²) >= 11 is 6.43. The molecular formula is C24H22ClF3N6O. The van der Waals surface area contributed by atoms with Crippen LogP contribution in [0.25, 0.3) is 22.2 Å². The first-order valence-corrected chi connectivity index (χ1v) is 11.0. The van der Waals surface area contributed by atoms with E-state index in [0.29, 0.717) is 39.9 Å². The number of nitrogens with one attached hydrogen (secondary N) is 2. The average Bonchev–Trinajstić information content (AvgIpc) is 2.85. The Morgan fingerprint density at radius 3 is 2.43 bits per heavy atom. The van der Waals surface area contributed by atoms with Gasteiger partial charge >= 0.3 is 6.18 Å². The molecule has 0 aliphatic heterocycles. The minimum Gasteiger partial charge on any atom is -0.357 e. The van der Waals surface area contributed by atoms with E-state index in [1.54, 1.807) is 37.5 Å². The van der Waals surface area contributed by atoms with Crippen LogP contribution in [0.5, 0.6) is 0 Å². The van der Waals surface area contributed by atoms with Crippen molar-refractivity contribution in [3.63, 3.8) is 0 Å². The van der Waals surface area contributed by atoms with Crippen molar-refractivity contribution < 1.29 is 18.0 Å². The van der Waals surface area contributed by atoms with Crippen molar-refractivity contribution in [2.24, 2.45) is 0 Å². The fourth-order valence-electron chi connectivity index (χ4n) is 3.17. The molecule has 7 nitrogen and oxygen atoms in total. The summed E-state index contributed by atoms with van der Waals surface area (Å²) in [5.41, 5.74) is 1.64. The number of nitrogens with zero attached hydrogens (tertiary/aromatic N) is 4. The second-order valence-electron chi connectivity index (χ2n) is 7.09. The molecule has 0 bridgehead atoms. The predicted octanol–water partition coefficient (Wildman–Crippen LogP) is 6.39. The van der Waals surface area contributed by atoms with Gasteiger partial charge in [0.2, 0.25) is 5.95 Å². The van der Waals surface area contributed by atoms with E-state index in [-0.39, 0.29) is 10.7 Å². The first-order valence-electron chi connectivity index (χ1n) is 10.6. The molecule has 3 aromatic heterocycles. The first-order chi connectivity index (χ1) is 16.7. The molecule has 2 N–H and O–H groups in total. The fourth-order valence-corrected chi connectivity index (χ4v) is 3.41. The third-order valence-corrected chi connectivity index (χ3v) is 5.13. The zero-order chi connectivity index (χ0) is 25.8. The highest BCUT2D eigenvalue weighted by molar-refractivity contribution is 6.32. The molecule has 0 unspecified atom stereocenters. The van der Waals surface area contributed by atoms with Gasteiger partial charge in [-0.25, -0.2) is 9.97 Å². The van der Waals surface area contributed by atoms with Gasteiger partial charge in [-0.15, -0.1) is 0 Å². The van der Waals surface area contributed by atoms with Crippen molar-refractivity contribution in [3.05, 3.63) is 70.8 Å². The summed E-state index contributed by atoms with van der Waals surface area (Å²) in [6, 6.07) is 8.79. The molecule has 0 fully saturated rings. The highest BCUT2D eigenvalue weighted by Crippen LogP contribution is 2.34. The topological polar surface area (TPSA) is 92.7 Å². The quantitative estimate of drug-likeness (QED) is 0.314. The number of carbonyl (C=O) groups excluding carboxylic acids is 1. The summed E-state index contributed by atoms with van der Waals surface area (Å²) in [6.07, 6.45) is -2.09. The highest BCUT2D eigenvalue weighted by atomic mass is 35.5. The molecular weight excluding hydrogens is 481 g/mol. The lowest BCUT2D eigenvalue weighted by atomic mass is 10.0. The number of aryl methyl sites for hydroxylation is 1. The summed E-state index contributed by atoms with van der Waals surface area (Å²) in [5, 5.41) is 6.32. The van der Waals surface area contributed by atoms with Crippen LogP contribution < -0.4 is 10.6 Å². The molecule has 4 aromatic rings. The Kier molecular flexibility index (Phi) is 7.85. The second-order valence-corrected chi connectivity index (χ2v) is 7.45. The van der Waals surface area contributed by atoms with Crippen molar-refractivity contribution in [1.82, 2.24) is 19.9 Å². The molecule has 0 saturated carbocycles. The van der Waals surface area contributed by atoms with Gasteiger partial charge in [0, 0.05) is 41.6 Å². The van der Waals surface area contributed by atoms with Crippen LogP contribution >= 0.6 is 11.6 Å². The number of hydrogen-bond donors (Lipinski definition) is 2. The molecule has 35 heavy (non-hydrogen) atoms. The van der Waals surface area contributed by atoms with Crippen molar-refractivity contribution >= 4 is 40.2 Å². The van der Waals surface area contributed by atoms with Gasteiger partial charge in [0.1, 0.15) is 10.8 Å². The number of aromatic nitrogens is 4. The number of fused-ring (bicyclic) bond motifs is 1. The molecule has 0 aliphatic carbocycles. The Morgan fingerprint density at radius 2 is 1.74 bits per heavy atom. The van der Waals surface area contributed by atoms with Gasteiger partial charge < -0.3 is 10.6 Å². The van der Waals surface area contributed by atoms with E-state index in [4.69, 9.17) is 11.6 Å². The van der Waals surface area contributed by atoms with Gasteiger partial charge in [-0.1, -0.05) is 31.5 Å². The van der Waals surface area contributed by atoms with Crippen LogP contribution in [0.4, 0.5) is 24.8 Å². The van der Waals surface area contributed by atoms with E-state index in [9.17, 15) is 18.0 Å². The van der Waals surface area contributed by atoms with Crippen molar-refractivity contribution in [1.29, 1.82) is 0 Å². The van der Waals surface area contributed by atoms with Crippen LogP contribution in [0.1, 0.15) is 35.5 Å². The maximum Gasteiger partial charge on any atom is 0.433 e. The SMILES string of the molecule is CC.CNc1ncc2cc(-c3cc(NC(=O)c4ccnc(C(F)(F)F)c4)ccc3C)c(Cl)nc2n1. The van der Waals surface area contributed by atoms with E-state index >= 15 is 0 Å². The third-order valence-electron chi connectivity index (χ3n) is 4.84. The van der Waals surface area contributed by atoms with Crippen molar-refractivity contribution in [2.45, 2.75) is 26.9 Å². The Morgan fingerprint density at radius 1 is 1.00 bits per heavy atom. The lowest BCUT2D eigenvalue weighted by molar-refractivity contribution is -0.141. The molecule has 0 spiro atoms. The van der Waals surface area contributed by atoms with Crippen LogP contribution in [0.15, 0.2) is 48.8 Å². The number of anilines is 2. The van der Waals surface area contributed by atoms with E-state index in [1.807, 2.05) is 20.8 Å². The molecule has 1 aromatic carbocycles. The minimum atomic E-state index is -4.65. The van der Waals surface area contributed by atoms with E-state index < -0.39 is 17.8 Å². The summed E-state index contributed by atoms with van der Waals surface area (Å²) in [5.74, 6) is -0.294. The number of carbonyl (C=O) groups is 1. The van der Waals surface area contributed by atoms with Crippen LogP contribution in [-0.2, 0) is 6.18 Å². The highest BCUT2D eigenvalue weighted by Gasteiger charge is 2.33. The lowest BCUT2D eigenvalue weighted by Crippen LogP contribution is -2.15. The molecule has 0 saturated heterocycles. The molecule has 0 radical (unpaired) electrons. The average molecular weight is 503 g/mol. The molecule has 0 atom stereocenters. The zero-order valence-electron chi connectivity index (χ0n) is 19.3. The largest absolute Gasteiger partial charge is 0.433 e. The number of alkyl halides is 3. The molecule has 4 rings (SSSR count). The summed E-state index contributed by atoms with van der Waals surface area (Å²) in [6.45, 7) is 5.86. The monoisotopic (exact) mass is 502 g/mol. The van der Waals surface area contributed by atoms with Crippen LogP contribution in [-0.4, -0.2) is 32.9 Å². The number of amides is 1. The zero-order valence-corrected chi connectivity index (χ0v) is 20.1. The van der Waals surface area contributed by atoms with E-state index in [1.165, 1.54) is 6.07 Å². The number of pyridine rings is 2. The van der Waals surface area contributed by atoms with Gasteiger partial charge in [-0.3, -0.25) is 9.78 Å². The molecule has 0 aliphatic rings. The summed E-state index contributed by atoms with van der Waals surface area (Å²) in [4.78, 5) is 28.6. The summed E-state index contributed by atoms with van der Waals surface area (Å²) < 4.78 is 38.7. The smallest absolute Gasteiger partial charge is 0.357 e. The molecule has 182 valence electrons. The first kappa shape index (κ1) is 25.8. The van der Waals surface area contributed by atoms with Crippen molar-refractivity contribution in [2.75, 3.05) is 17.7 Å². The maximum atomic E-state index is 12.9. The number of halogens is 4. The normalized spacial score (nSPS) is 11.0. The van der Waals surface area contributed by atoms with Gasteiger partial charge in [-0.2, -0.15) is 18.2 Å². The third kappa shape index (κ3) is 5.83. The molecule has 11 heteroatoms. The van der Waals surface area contributed by atoms with E-state index in [2.05, 4.69) is 30.6 Å². The lowest BCUT2D eigenvalue weighted by Gasteiger charge is -2.13. The van der Waals surface area contributed by atoms with Gasteiger partial charge in [0.25, 0.3) is 5.91 Å². The number of benzene rings is 1.